The Bertz CT molecular complexity index is 789. The maximum absolute atomic E-state index is 10.1. The van der Waals surface area contributed by atoms with Crippen molar-refractivity contribution in [3.8, 4) is 11.5 Å². The molecular weight excluding hydrogens is 371 g/mol. The summed E-state index contributed by atoms with van der Waals surface area (Å²) >= 11 is 12.0. The monoisotopic (exact) mass is 393 g/mol. The van der Waals surface area contributed by atoms with Crippen molar-refractivity contribution in [2.24, 2.45) is 4.99 Å². The molecule has 1 atom stereocenters. The number of aliphatic imine (C=N–C) groups is 1. The Kier molecular flexibility index (Phi) is 6.41. The van der Waals surface area contributed by atoms with E-state index in [9.17, 15) is 5.11 Å². The Hall–Kier alpha value is -1.75. The minimum Gasteiger partial charge on any atom is -0.506 e. The number of hydrogen-bond acceptors (Lipinski definition) is 3. The Balaban J connectivity index is 1.82. The van der Waals surface area contributed by atoms with Crippen molar-refractivity contribution < 1.29 is 14.7 Å². The molecule has 0 aromatic heterocycles. The molecule has 6 heteroatoms. The summed E-state index contributed by atoms with van der Waals surface area (Å²) in [4.78, 5) is 6.13. The minimum atomic E-state index is 0.00580. The number of nitrogens with zero attached hydrogens (tertiary/aromatic N) is 1. The van der Waals surface area contributed by atoms with Crippen LogP contribution in [-0.4, -0.2) is 38.1 Å². The van der Waals surface area contributed by atoms with Crippen LogP contribution in [0.3, 0.4) is 0 Å². The predicted molar refractivity (Wildman–Crippen MR) is 106 cm³/mol. The third kappa shape index (κ3) is 4.50. The van der Waals surface area contributed by atoms with Gasteiger partial charge in [-0.15, -0.1) is 0 Å². The van der Waals surface area contributed by atoms with E-state index < -0.39 is 0 Å². The number of benzene rings is 2. The van der Waals surface area contributed by atoms with E-state index in [2.05, 4.69) is 17.1 Å². The highest BCUT2D eigenvalue weighted by Crippen LogP contribution is 2.30. The highest BCUT2D eigenvalue weighted by molar-refractivity contribution is 6.36. The molecule has 1 aliphatic rings. The Labute approximate surface area is 164 Å². The average Bonchev–Trinajstić information content (AvgIpc) is 3.17. The molecule has 0 amide bonds. The Morgan fingerprint density at radius 1 is 1.23 bits per heavy atom. The molecule has 1 fully saturated rings. The number of nitrogens with one attached hydrogen (secondary N) is 1. The van der Waals surface area contributed by atoms with Gasteiger partial charge < -0.3 is 14.7 Å². The standard InChI is InChI=1S/C20H22Cl2N2O2/c1-26-17-6-4-5-14(10-17)19(24-7-2-3-8-24)13-23-12-15-9-16(21)11-18(22)20(15)25/h4-6,9-12,19,25H,2-3,7-8,13H2,1H3/p+1/t19-/m0/s1. The van der Waals surface area contributed by atoms with Crippen molar-refractivity contribution in [2.45, 2.75) is 18.9 Å². The molecule has 2 aromatic carbocycles. The largest absolute Gasteiger partial charge is 0.506 e. The summed E-state index contributed by atoms with van der Waals surface area (Å²) < 4.78 is 5.37. The van der Waals surface area contributed by atoms with Gasteiger partial charge in [0.2, 0.25) is 0 Å². The van der Waals surface area contributed by atoms with Crippen LogP contribution in [0.15, 0.2) is 41.4 Å². The molecule has 0 unspecified atom stereocenters. The first-order valence-electron chi connectivity index (χ1n) is 8.75. The second kappa shape index (κ2) is 8.76. The zero-order valence-corrected chi connectivity index (χ0v) is 16.2. The number of rotatable bonds is 6. The van der Waals surface area contributed by atoms with Crippen molar-refractivity contribution in [1.29, 1.82) is 0 Å². The summed E-state index contributed by atoms with van der Waals surface area (Å²) in [5.41, 5.74) is 1.75. The van der Waals surface area contributed by atoms with Gasteiger partial charge in [-0.3, -0.25) is 4.99 Å². The van der Waals surface area contributed by atoms with Crippen molar-refractivity contribution in [2.75, 3.05) is 26.7 Å². The summed E-state index contributed by atoms with van der Waals surface area (Å²) in [5.74, 6) is 0.862. The molecule has 0 bridgehead atoms. The third-order valence-electron chi connectivity index (χ3n) is 4.81. The molecule has 0 aliphatic carbocycles. The van der Waals surface area contributed by atoms with Gasteiger partial charge in [0.25, 0.3) is 0 Å². The zero-order chi connectivity index (χ0) is 18.5. The van der Waals surface area contributed by atoms with Gasteiger partial charge in [0.15, 0.2) is 0 Å². The number of methoxy groups -OCH3 is 1. The van der Waals surface area contributed by atoms with E-state index in [4.69, 9.17) is 27.9 Å². The molecule has 2 N–H and O–H groups in total. The highest BCUT2D eigenvalue weighted by atomic mass is 35.5. The molecule has 2 aromatic rings. The van der Waals surface area contributed by atoms with Crippen molar-refractivity contribution in [3.05, 3.63) is 57.6 Å². The summed E-state index contributed by atoms with van der Waals surface area (Å²) in [6.45, 7) is 2.91. The number of phenolic OH excluding ortho intramolecular Hbond substituents is 1. The van der Waals surface area contributed by atoms with Crippen LogP contribution in [0, 0.1) is 0 Å². The van der Waals surface area contributed by atoms with Crippen molar-refractivity contribution in [1.82, 2.24) is 0 Å². The van der Waals surface area contributed by atoms with Crippen LogP contribution in [0.4, 0.5) is 0 Å². The number of hydrogen-bond donors (Lipinski definition) is 2. The maximum atomic E-state index is 10.1. The van der Waals surface area contributed by atoms with E-state index in [1.54, 1.807) is 19.4 Å². The van der Waals surface area contributed by atoms with Gasteiger partial charge in [0.05, 0.1) is 31.8 Å². The summed E-state index contributed by atoms with van der Waals surface area (Å²) in [6, 6.07) is 11.6. The Morgan fingerprint density at radius 3 is 2.73 bits per heavy atom. The first kappa shape index (κ1) is 19.0. The second-order valence-corrected chi connectivity index (χ2v) is 7.36. The summed E-state index contributed by atoms with van der Waals surface area (Å²) in [6.07, 6.45) is 4.13. The quantitative estimate of drug-likeness (QED) is 0.737. The topological polar surface area (TPSA) is 46.3 Å². The lowest BCUT2D eigenvalue weighted by atomic mass is 10.1. The van der Waals surface area contributed by atoms with Crippen molar-refractivity contribution in [3.63, 3.8) is 0 Å². The molecule has 3 rings (SSSR count). The SMILES string of the molecule is COc1cccc([C@H](CN=Cc2cc(Cl)cc(Cl)c2O)[NH+]2CCCC2)c1. The highest BCUT2D eigenvalue weighted by Gasteiger charge is 2.27. The van der Waals surface area contributed by atoms with Gasteiger partial charge in [-0.05, 0) is 24.3 Å². The number of aromatic hydroxyl groups is 1. The van der Waals surface area contributed by atoms with Crippen LogP contribution in [0.5, 0.6) is 11.5 Å². The molecular formula is C20H23Cl2N2O2+. The number of halogens is 2. The molecule has 1 heterocycles. The first-order chi connectivity index (χ1) is 12.6. The molecule has 1 saturated heterocycles. The lowest BCUT2D eigenvalue weighted by Gasteiger charge is -2.24. The van der Waals surface area contributed by atoms with Crippen LogP contribution in [0.2, 0.25) is 10.0 Å². The Morgan fingerprint density at radius 2 is 2.00 bits per heavy atom. The number of likely N-dealkylation sites (tertiary alicyclic amines) is 1. The van der Waals surface area contributed by atoms with Gasteiger partial charge in [0.1, 0.15) is 17.5 Å². The molecule has 0 radical (unpaired) electrons. The van der Waals surface area contributed by atoms with E-state index in [0.717, 1.165) is 18.8 Å². The van der Waals surface area contributed by atoms with Gasteiger partial charge in [-0.25, -0.2) is 0 Å². The van der Waals surface area contributed by atoms with Crippen LogP contribution < -0.4 is 9.64 Å². The second-order valence-electron chi connectivity index (χ2n) is 6.51. The van der Waals surface area contributed by atoms with Gasteiger partial charge in [-0.1, -0.05) is 35.3 Å². The fourth-order valence-corrected chi connectivity index (χ4v) is 3.96. The first-order valence-corrected chi connectivity index (χ1v) is 9.50. The third-order valence-corrected chi connectivity index (χ3v) is 5.32. The molecule has 4 nitrogen and oxygen atoms in total. The maximum Gasteiger partial charge on any atom is 0.143 e. The van der Waals surface area contributed by atoms with Crippen molar-refractivity contribution >= 4 is 29.4 Å². The van der Waals surface area contributed by atoms with E-state index >= 15 is 0 Å². The molecule has 138 valence electrons. The van der Waals surface area contributed by atoms with Gasteiger partial charge >= 0.3 is 0 Å². The van der Waals surface area contributed by atoms with E-state index in [1.165, 1.54) is 29.4 Å². The lowest BCUT2D eigenvalue weighted by Crippen LogP contribution is -3.10. The van der Waals surface area contributed by atoms with E-state index in [0.29, 0.717) is 17.1 Å². The predicted octanol–water partition coefficient (Wildman–Crippen LogP) is 3.55. The van der Waals surface area contributed by atoms with Crippen LogP contribution in [0.1, 0.15) is 30.0 Å². The fraction of sp³-hybridized carbons (Fsp3) is 0.350. The van der Waals surface area contributed by atoms with E-state index in [-0.39, 0.29) is 16.8 Å². The minimum absolute atomic E-state index is 0.00580. The van der Waals surface area contributed by atoms with Crippen LogP contribution >= 0.6 is 23.2 Å². The fourth-order valence-electron chi connectivity index (χ4n) is 3.45. The normalized spacial score (nSPS) is 16.3. The smallest absolute Gasteiger partial charge is 0.143 e. The van der Waals surface area contributed by atoms with Gasteiger partial charge in [-0.2, -0.15) is 0 Å². The zero-order valence-electron chi connectivity index (χ0n) is 14.7. The lowest BCUT2D eigenvalue weighted by molar-refractivity contribution is -0.918. The van der Waals surface area contributed by atoms with Crippen LogP contribution in [-0.2, 0) is 0 Å². The van der Waals surface area contributed by atoms with Crippen LogP contribution in [0.25, 0.3) is 0 Å². The number of ether oxygens (including phenoxy) is 1. The summed E-state index contributed by atoms with van der Waals surface area (Å²) in [7, 11) is 1.68. The number of quaternary nitrogens is 1. The summed E-state index contributed by atoms with van der Waals surface area (Å²) in [5, 5.41) is 10.8. The average molecular weight is 394 g/mol. The molecule has 1 aliphatic heterocycles. The molecule has 0 spiro atoms. The van der Waals surface area contributed by atoms with E-state index in [1.807, 2.05) is 12.1 Å². The number of phenols is 1. The molecule has 0 saturated carbocycles. The van der Waals surface area contributed by atoms with Gasteiger partial charge in [0, 0.05) is 35.2 Å². The molecule has 26 heavy (non-hydrogen) atoms.